The molecular formula is C17H14N6OS2. The van der Waals surface area contributed by atoms with Gasteiger partial charge in [0.05, 0.1) is 5.69 Å². The van der Waals surface area contributed by atoms with Gasteiger partial charge in [-0.1, -0.05) is 23.9 Å². The van der Waals surface area contributed by atoms with Gasteiger partial charge in [0.15, 0.2) is 15.9 Å². The number of thioether (sulfide) groups is 1. The quantitative estimate of drug-likeness (QED) is 0.377. The highest BCUT2D eigenvalue weighted by molar-refractivity contribution is 7.98. The molecule has 4 aromatic heterocycles. The standard InChI is InChI=1S/C17H14N6OS2/c1-2-7-23-15(13-5-3-4-6-18-13)20-21-17(23)26-11-12-10-14(24)22-8-9-25-16(22)19-12/h2-6,8-10H,1,7,11H2. The summed E-state index contributed by atoms with van der Waals surface area (Å²) in [5.41, 5.74) is 1.40. The van der Waals surface area contributed by atoms with Gasteiger partial charge < -0.3 is 0 Å². The summed E-state index contributed by atoms with van der Waals surface area (Å²) in [6.45, 7) is 4.38. The van der Waals surface area contributed by atoms with E-state index in [1.54, 1.807) is 24.5 Å². The molecule has 0 saturated carbocycles. The molecule has 4 aromatic rings. The van der Waals surface area contributed by atoms with Crippen molar-refractivity contribution >= 4 is 28.1 Å². The van der Waals surface area contributed by atoms with Crippen LogP contribution in [0.25, 0.3) is 16.5 Å². The lowest BCUT2D eigenvalue weighted by molar-refractivity contribution is 0.729. The van der Waals surface area contributed by atoms with Gasteiger partial charge in [0.1, 0.15) is 5.69 Å². The minimum atomic E-state index is -0.0754. The molecule has 130 valence electrons. The minimum Gasteiger partial charge on any atom is -0.297 e. The molecule has 4 heterocycles. The number of hydrogen-bond donors (Lipinski definition) is 0. The molecular weight excluding hydrogens is 368 g/mol. The molecule has 0 aliphatic rings. The zero-order valence-electron chi connectivity index (χ0n) is 13.6. The van der Waals surface area contributed by atoms with Crippen LogP contribution in [0.3, 0.4) is 0 Å². The highest BCUT2D eigenvalue weighted by atomic mass is 32.2. The fraction of sp³-hybridized carbons (Fsp3) is 0.118. The van der Waals surface area contributed by atoms with Gasteiger partial charge in [-0.3, -0.25) is 18.7 Å². The summed E-state index contributed by atoms with van der Waals surface area (Å²) in [4.78, 5) is 21.6. The second-order valence-electron chi connectivity index (χ2n) is 5.35. The van der Waals surface area contributed by atoms with Crippen LogP contribution in [0, 0.1) is 0 Å². The Bertz CT molecular complexity index is 1120. The highest BCUT2D eigenvalue weighted by Crippen LogP contribution is 2.25. The van der Waals surface area contributed by atoms with E-state index in [1.165, 1.54) is 27.5 Å². The molecule has 0 radical (unpaired) electrons. The van der Waals surface area contributed by atoms with Crippen molar-refractivity contribution < 1.29 is 0 Å². The van der Waals surface area contributed by atoms with Crippen LogP contribution >= 0.6 is 23.1 Å². The van der Waals surface area contributed by atoms with Crippen LogP contribution in [0.4, 0.5) is 0 Å². The van der Waals surface area contributed by atoms with Crippen molar-refractivity contribution in [2.24, 2.45) is 0 Å². The predicted octanol–water partition coefficient (Wildman–Crippen LogP) is 2.89. The molecule has 0 fully saturated rings. The summed E-state index contributed by atoms with van der Waals surface area (Å²) < 4.78 is 3.49. The molecule has 4 rings (SSSR count). The Hall–Kier alpha value is -2.78. The van der Waals surface area contributed by atoms with Crippen LogP contribution < -0.4 is 5.56 Å². The predicted molar refractivity (Wildman–Crippen MR) is 102 cm³/mol. The fourth-order valence-electron chi connectivity index (χ4n) is 2.47. The largest absolute Gasteiger partial charge is 0.297 e. The normalized spacial score (nSPS) is 11.1. The number of nitrogens with zero attached hydrogens (tertiary/aromatic N) is 6. The third kappa shape index (κ3) is 3.18. The number of pyridine rings is 1. The van der Waals surface area contributed by atoms with Crippen molar-refractivity contribution in [3.63, 3.8) is 0 Å². The average molecular weight is 382 g/mol. The molecule has 26 heavy (non-hydrogen) atoms. The molecule has 0 amide bonds. The first kappa shape index (κ1) is 16.7. The van der Waals surface area contributed by atoms with E-state index in [9.17, 15) is 4.79 Å². The summed E-state index contributed by atoms with van der Waals surface area (Å²) in [6.07, 6.45) is 5.25. The number of fused-ring (bicyclic) bond motifs is 1. The van der Waals surface area contributed by atoms with Crippen LogP contribution in [-0.2, 0) is 12.3 Å². The minimum absolute atomic E-state index is 0.0754. The van der Waals surface area contributed by atoms with Gasteiger partial charge in [0, 0.05) is 36.1 Å². The summed E-state index contributed by atoms with van der Waals surface area (Å²) >= 11 is 2.92. The lowest BCUT2D eigenvalue weighted by atomic mass is 10.3. The smallest absolute Gasteiger partial charge is 0.258 e. The van der Waals surface area contributed by atoms with Crippen molar-refractivity contribution in [2.45, 2.75) is 17.5 Å². The van der Waals surface area contributed by atoms with Gasteiger partial charge in [0.25, 0.3) is 5.56 Å². The third-order valence-electron chi connectivity index (χ3n) is 3.63. The van der Waals surface area contributed by atoms with Crippen LogP contribution in [-0.4, -0.2) is 29.1 Å². The Morgan fingerprint density at radius 3 is 3.04 bits per heavy atom. The second-order valence-corrected chi connectivity index (χ2v) is 7.17. The zero-order chi connectivity index (χ0) is 17.9. The van der Waals surface area contributed by atoms with Crippen molar-refractivity contribution in [3.05, 3.63) is 70.7 Å². The van der Waals surface area contributed by atoms with Crippen LogP contribution in [0.15, 0.2) is 64.6 Å². The number of hydrogen-bond acceptors (Lipinski definition) is 7. The first-order valence-electron chi connectivity index (χ1n) is 7.80. The van der Waals surface area contributed by atoms with Crippen LogP contribution in [0.1, 0.15) is 5.69 Å². The van der Waals surface area contributed by atoms with Crippen molar-refractivity contribution in [2.75, 3.05) is 0 Å². The zero-order valence-corrected chi connectivity index (χ0v) is 15.3. The number of aromatic nitrogens is 6. The van der Waals surface area contributed by atoms with E-state index < -0.39 is 0 Å². The van der Waals surface area contributed by atoms with E-state index in [4.69, 9.17) is 0 Å². The summed E-state index contributed by atoms with van der Waals surface area (Å²) in [5, 5.41) is 11.1. The van der Waals surface area contributed by atoms with Crippen LogP contribution in [0.5, 0.6) is 0 Å². The molecule has 0 aliphatic heterocycles. The van der Waals surface area contributed by atoms with Crippen molar-refractivity contribution in [1.82, 2.24) is 29.1 Å². The molecule has 0 saturated heterocycles. The lowest BCUT2D eigenvalue weighted by Crippen LogP contribution is -2.12. The second kappa shape index (κ2) is 7.22. The molecule has 0 spiro atoms. The maximum atomic E-state index is 12.1. The first-order valence-corrected chi connectivity index (χ1v) is 9.67. The van der Waals surface area contributed by atoms with E-state index in [2.05, 4.69) is 26.7 Å². The molecule has 0 unspecified atom stereocenters. The van der Waals surface area contributed by atoms with Gasteiger partial charge in [0.2, 0.25) is 0 Å². The van der Waals surface area contributed by atoms with E-state index in [0.717, 1.165) is 16.5 Å². The van der Waals surface area contributed by atoms with E-state index in [1.807, 2.05) is 28.1 Å². The molecule has 0 aromatic carbocycles. The van der Waals surface area contributed by atoms with Gasteiger partial charge in [-0.05, 0) is 12.1 Å². The van der Waals surface area contributed by atoms with Gasteiger partial charge in [-0.25, -0.2) is 4.98 Å². The maximum Gasteiger partial charge on any atom is 0.258 e. The number of rotatable bonds is 6. The monoisotopic (exact) mass is 382 g/mol. The van der Waals surface area contributed by atoms with Gasteiger partial charge in [-0.15, -0.1) is 28.1 Å². The van der Waals surface area contributed by atoms with Gasteiger partial charge >= 0.3 is 0 Å². The molecule has 0 atom stereocenters. The van der Waals surface area contributed by atoms with Crippen LogP contribution in [0.2, 0.25) is 0 Å². The van der Waals surface area contributed by atoms with Gasteiger partial charge in [-0.2, -0.15) is 0 Å². The SMILES string of the molecule is C=CCn1c(SCc2cc(=O)n3ccsc3n2)nnc1-c1ccccn1. The maximum absolute atomic E-state index is 12.1. The first-order chi connectivity index (χ1) is 12.8. The van der Waals surface area contributed by atoms with E-state index in [0.29, 0.717) is 23.1 Å². The Morgan fingerprint density at radius 1 is 1.31 bits per heavy atom. The molecule has 9 heteroatoms. The lowest BCUT2D eigenvalue weighted by Gasteiger charge is -2.07. The Kier molecular flexibility index (Phi) is 4.63. The summed E-state index contributed by atoms with van der Waals surface area (Å²) in [7, 11) is 0. The summed E-state index contributed by atoms with van der Waals surface area (Å²) in [6, 6.07) is 7.22. The van der Waals surface area contributed by atoms with E-state index >= 15 is 0 Å². The Labute approximate surface area is 157 Å². The summed E-state index contributed by atoms with van der Waals surface area (Å²) in [5.74, 6) is 1.22. The van der Waals surface area contributed by atoms with Crippen molar-refractivity contribution in [3.8, 4) is 11.5 Å². The highest BCUT2D eigenvalue weighted by Gasteiger charge is 2.15. The number of thiazole rings is 1. The average Bonchev–Trinajstić information content (AvgIpc) is 3.28. The topological polar surface area (TPSA) is 78.0 Å². The molecule has 7 nitrogen and oxygen atoms in total. The molecule has 0 aliphatic carbocycles. The van der Waals surface area contributed by atoms with E-state index in [-0.39, 0.29) is 5.56 Å². The fourth-order valence-corrected chi connectivity index (χ4v) is 4.05. The third-order valence-corrected chi connectivity index (χ3v) is 5.38. The molecule has 0 bridgehead atoms. The Morgan fingerprint density at radius 2 is 2.23 bits per heavy atom. The van der Waals surface area contributed by atoms with Crippen molar-refractivity contribution in [1.29, 1.82) is 0 Å². The Balaban J connectivity index is 1.62. The molecule has 0 N–H and O–H groups in total. The number of allylic oxidation sites excluding steroid dienone is 1.